The number of thioether (sulfide) groups is 1. The Morgan fingerprint density at radius 2 is 1.80 bits per heavy atom. The summed E-state index contributed by atoms with van der Waals surface area (Å²) in [6.07, 6.45) is 0.179. The standard InChI is InChI=1S/C23H33N2O7PS2/c1-14(26)30-12-15-13-35-21-18(24-17(27)11-16-9-8-10-34-16)19(28)25(21)20(15)33(29,31-22(2,3)4)32-23(5,6)7/h8-10,18,21H,11-13H2,1-7H3,(H,24,27)/t18-,21-/m0/s1. The van der Waals surface area contributed by atoms with Crippen molar-refractivity contribution in [1.82, 2.24) is 10.2 Å². The largest absolute Gasteiger partial charge is 0.461 e. The molecule has 1 fully saturated rings. The smallest absolute Gasteiger partial charge is 0.378 e. The number of nitrogens with zero attached hydrogens (tertiary/aromatic N) is 1. The first kappa shape index (κ1) is 27.9. The minimum atomic E-state index is -4.07. The van der Waals surface area contributed by atoms with Crippen molar-refractivity contribution in [3.63, 3.8) is 0 Å². The van der Waals surface area contributed by atoms with Gasteiger partial charge in [0.15, 0.2) is 0 Å². The minimum Gasteiger partial charge on any atom is -0.461 e. The van der Waals surface area contributed by atoms with Crippen molar-refractivity contribution in [3.05, 3.63) is 33.4 Å². The van der Waals surface area contributed by atoms with E-state index in [2.05, 4.69) is 5.32 Å². The number of hydrogen-bond acceptors (Lipinski definition) is 9. The maximum Gasteiger partial charge on any atom is 0.378 e. The fourth-order valence-electron chi connectivity index (χ4n) is 3.66. The molecule has 3 heterocycles. The molecular weight excluding hydrogens is 511 g/mol. The Hall–Kier alpha value is -1.65. The summed E-state index contributed by atoms with van der Waals surface area (Å²) in [5.74, 6) is -0.838. The summed E-state index contributed by atoms with van der Waals surface area (Å²) in [6.45, 7) is 11.6. The number of ether oxygens (including phenoxy) is 1. The Morgan fingerprint density at radius 3 is 2.31 bits per heavy atom. The lowest BCUT2D eigenvalue weighted by molar-refractivity contribution is -0.145. The number of fused-ring (bicyclic) bond motifs is 1. The van der Waals surface area contributed by atoms with Gasteiger partial charge in [0.05, 0.1) is 17.6 Å². The Balaban J connectivity index is 1.94. The lowest BCUT2D eigenvalue weighted by Gasteiger charge is -2.52. The van der Waals surface area contributed by atoms with Gasteiger partial charge in [-0.1, -0.05) is 6.07 Å². The number of β-lactam (4-membered cyclic amide) rings is 1. The molecule has 3 rings (SSSR count). The topological polar surface area (TPSA) is 111 Å². The van der Waals surface area contributed by atoms with E-state index in [1.807, 2.05) is 17.5 Å². The van der Waals surface area contributed by atoms with Gasteiger partial charge >= 0.3 is 13.6 Å². The van der Waals surface area contributed by atoms with Gasteiger partial charge in [-0.15, -0.1) is 23.1 Å². The maximum atomic E-state index is 14.4. The fourth-order valence-corrected chi connectivity index (χ4v) is 8.54. The predicted octanol–water partition coefficient (Wildman–Crippen LogP) is 4.29. The molecule has 0 unspecified atom stereocenters. The van der Waals surface area contributed by atoms with Crippen molar-refractivity contribution in [2.75, 3.05) is 12.4 Å². The molecule has 2 atom stereocenters. The summed E-state index contributed by atoms with van der Waals surface area (Å²) in [4.78, 5) is 39.7. The summed E-state index contributed by atoms with van der Waals surface area (Å²) in [5.41, 5.74) is -1.14. The molecule has 12 heteroatoms. The van der Waals surface area contributed by atoms with E-state index in [9.17, 15) is 18.9 Å². The second-order valence-corrected chi connectivity index (χ2v) is 14.2. The Labute approximate surface area is 214 Å². The lowest BCUT2D eigenvalue weighted by atomic mass is 10.1. The van der Waals surface area contributed by atoms with Crippen molar-refractivity contribution in [3.8, 4) is 0 Å². The number of thiophene rings is 1. The number of carbonyl (C=O) groups excluding carboxylic acids is 3. The van der Waals surface area contributed by atoms with E-state index in [0.717, 1.165) is 4.88 Å². The summed E-state index contributed by atoms with van der Waals surface area (Å²) in [7, 11) is -4.07. The molecule has 0 aliphatic carbocycles. The molecule has 0 radical (unpaired) electrons. The van der Waals surface area contributed by atoms with Crippen LogP contribution in [0.25, 0.3) is 0 Å². The molecule has 35 heavy (non-hydrogen) atoms. The van der Waals surface area contributed by atoms with E-state index in [-0.39, 0.29) is 24.4 Å². The van der Waals surface area contributed by atoms with E-state index < -0.39 is 42.1 Å². The van der Waals surface area contributed by atoms with E-state index in [4.69, 9.17) is 13.8 Å². The number of carbonyl (C=O) groups is 3. The van der Waals surface area contributed by atoms with Crippen molar-refractivity contribution in [2.45, 2.75) is 77.5 Å². The highest BCUT2D eigenvalue weighted by Crippen LogP contribution is 2.66. The molecule has 9 nitrogen and oxygen atoms in total. The number of esters is 1. The first-order valence-electron chi connectivity index (χ1n) is 11.2. The molecule has 0 aromatic carbocycles. The van der Waals surface area contributed by atoms with Crippen LogP contribution in [0.4, 0.5) is 0 Å². The zero-order valence-corrected chi connectivity index (χ0v) is 23.6. The molecule has 1 N–H and O–H groups in total. The summed E-state index contributed by atoms with van der Waals surface area (Å²) >= 11 is 2.87. The van der Waals surface area contributed by atoms with Gasteiger partial charge < -0.3 is 10.1 Å². The van der Waals surface area contributed by atoms with Gasteiger partial charge in [0, 0.05) is 23.1 Å². The quantitative estimate of drug-likeness (QED) is 0.293. The summed E-state index contributed by atoms with van der Waals surface area (Å²) in [6, 6.07) is 2.96. The van der Waals surface area contributed by atoms with Crippen molar-refractivity contribution in [2.24, 2.45) is 0 Å². The molecule has 2 aliphatic heterocycles. The molecule has 2 aliphatic rings. The monoisotopic (exact) mass is 544 g/mol. The fraction of sp³-hybridized carbons (Fsp3) is 0.609. The average Bonchev–Trinajstić information content (AvgIpc) is 3.19. The molecule has 194 valence electrons. The average molecular weight is 545 g/mol. The Kier molecular flexibility index (Phi) is 8.28. The molecule has 2 amide bonds. The molecular formula is C23H33N2O7PS2. The van der Waals surface area contributed by atoms with Gasteiger partial charge in [-0.3, -0.25) is 32.9 Å². The van der Waals surface area contributed by atoms with E-state index >= 15 is 0 Å². The molecule has 0 bridgehead atoms. The normalized spacial score (nSPS) is 20.9. The molecule has 1 saturated heterocycles. The second-order valence-electron chi connectivity index (χ2n) is 10.3. The minimum absolute atomic E-state index is 0.0982. The van der Waals surface area contributed by atoms with Crippen molar-refractivity contribution in [1.29, 1.82) is 0 Å². The number of hydrogen-bond donors (Lipinski definition) is 1. The van der Waals surface area contributed by atoms with Crippen LogP contribution in [0.15, 0.2) is 28.5 Å². The van der Waals surface area contributed by atoms with E-state index in [1.54, 1.807) is 41.5 Å². The predicted molar refractivity (Wildman–Crippen MR) is 136 cm³/mol. The number of nitrogens with one attached hydrogen (secondary N) is 1. The third-order valence-corrected chi connectivity index (χ3v) is 9.59. The van der Waals surface area contributed by atoms with Crippen molar-refractivity contribution >= 4 is 48.5 Å². The SMILES string of the molecule is CC(=O)OCC1=C(P(=O)(OC(C)(C)C)OC(C)(C)C)N2C(=O)[C@H](NC(=O)Cc3cccs3)[C@@H]2SC1. The maximum absolute atomic E-state index is 14.4. The van der Waals surface area contributed by atoms with Crippen LogP contribution in [0.1, 0.15) is 53.3 Å². The van der Waals surface area contributed by atoms with Gasteiger partial charge in [0.1, 0.15) is 23.5 Å². The lowest BCUT2D eigenvalue weighted by Crippen LogP contribution is -2.70. The van der Waals surface area contributed by atoms with Gasteiger partial charge in [-0.25, -0.2) is 0 Å². The summed E-state index contributed by atoms with van der Waals surface area (Å²) in [5, 5.41) is 4.22. The van der Waals surface area contributed by atoms with Crippen LogP contribution in [0.5, 0.6) is 0 Å². The van der Waals surface area contributed by atoms with E-state index in [0.29, 0.717) is 11.3 Å². The van der Waals surface area contributed by atoms with Crippen LogP contribution < -0.4 is 5.32 Å². The highest BCUT2D eigenvalue weighted by molar-refractivity contribution is 8.00. The van der Waals surface area contributed by atoms with E-state index in [1.165, 1.54) is 34.9 Å². The van der Waals surface area contributed by atoms with Gasteiger partial charge in [0.25, 0.3) is 5.91 Å². The first-order valence-corrected chi connectivity index (χ1v) is 14.7. The van der Waals surface area contributed by atoms with Crippen LogP contribution in [0.2, 0.25) is 0 Å². The van der Waals surface area contributed by atoms with Crippen LogP contribution >= 0.6 is 30.7 Å². The molecule has 0 saturated carbocycles. The Bertz CT molecular complexity index is 1040. The van der Waals surface area contributed by atoms with Gasteiger partial charge in [-0.05, 0) is 53.0 Å². The number of amides is 2. The van der Waals surface area contributed by atoms with Crippen LogP contribution in [0, 0.1) is 0 Å². The number of rotatable bonds is 8. The third-order valence-electron chi connectivity index (χ3n) is 4.74. The second kappa shape index (κ2) is 10.4. The van der Waals surface area contributed by atoms with Gasteiger partial charge in [0.2, 0.25) is 5.91 Å². The van der Waals surface area contributed by atoms with Crippen LogP contribution in [-0.2, 0) is 39.2 Å². The zero-order valence-electron chi connectivity index (χ0n) is 21.1. The highest BCUT2D eigenvalue weighted by atomic mass is 32.2. The van der Waals surface area contributed by atoms with Crippen LogP contribution in [0.3, 0.4) is 0 Å². The Morgan fingerprint density at radius 1 is 1.17 bits per heavy atom. The van der Waals surface area contributed by atoms with Gasteiger partial charge in [-0.2, -0.15) is 0 Å². The first-order chi connectivity index (χ1) is 16.1. The molecule has 1 aromatic rings. The van der Waals surface area contributed by atoms with Crippen molar-refractivity contribution < 1.29 is 32.7 Å². The molecule has 0 spiro atoms. The highest BCUT2D eigenvalue weighted by Gasteiger charge is 2.58. The molecule has 1 aromatic heterocycles. The zero-order chi connectivity index (χ0) is 26.2. The third kappa shape index (κ3) is 6.98. The van der Waals surface area contributed by atoms with Crippen LogP contribution in [-0.4, -0.2) is 57.7 Å². The summed E-state index contributed by atoms with van der Waals surface area (Å²) < 4.78 is 31.6.